The molecular formula is C19H19ClF3N3O2. The van der Waals surface area contributed by atoms with E-state index in [9.17, 15) is 18.0 Å². The number of alkyl halides is 3. The van der Waals surface area contributed by atoms with Crippen LogP contribution in [0, 0.1) is 5.95 Å². The van der Waals surface area contributed by atoms with Crippen LogP contribution in [0.2, 0.25) is 0 Å². The number of carbonyl (C=O) groups excluding carboxylic acids is 1. The molecule has 3 atom stereocenters. The molecule has 28 heavy (non-hydrogen) atoms. The van der Waals surface area contributed by atoms with Crippen molar-refractivity contribution in [2.75, 3.05) is 20.1 Å². The number of pyridine rings is 1. The Kier molecular flexibility index (Phi) is 6.10. The summed E-state index contributed by atoms with van der Waals surface area (Å²) in [5, 5.41) is 0. The molecule has 0 N–H and O–H groups in total. The third kappa shape index (κ3) is 4.23. The Balaban J connectivity index is 1.94. The van der Waals surface area contributed by atoms with Crippen LogP contribution in [0.15, 0.2) is 48.7 Å². The molecule has 1 amide bonds. The lowest BCUT2D eigenvalue weighted by molar-refractivity contribution is -0.151. The van der Waals surface area contributed by atoms with Crippen molar-refractivity contribution >= 4 is 23.2 Å². The standard InChI is InChI=1S/C19H19ClF3N3O2/c1-3-18(27)26-9-14(28-15(10-26)19(22)23)12-6-13(25(2)16(20)7-12)11-4-5-24-17(21)8-11/h3-8,14-16,19H,1,9-10H2,2H3. The highest BCUT2D eigenvalue weighted by molar-refractivity contribution is 6.22. The molecular weight excluding hydrogens is 395 g/mol. The van der Waals surface area contributed by atoms with Gasteiger partial charge in [0.2, 0.25) is 11.9 Å². The molecule has 1 fully saturated rings. The van der Waals surface area contributed by atoms with Crippen LogP contribution in [0.5, 0.6) is 0 Å². The maximum Gasteiger partial charge on any atom is 0.266 e. The van der Waals surface area contributed by atoms with E-state index in [1.807, 2.05) is 0 Å². The Labute approximate surface area is 165 Å². The van der Waals surface area contributed by atoms with Crippen LogP contribution in [0.25, 0.3) is 5.70 Å². The van der Waals surface area contributed by atoms with E-state index >= 15 is 0 Å². The van der Waals surface area contributed by atoms with Gasteiger partial charge in [-0.2, -0.15) is 4.39 Å². The lowest BCUT2D eigenvalue weighted by atomic mass is 9.99. The Morgan fingerprint density at radius 3 is 2.86 bits per heavy atom. The van der Waals surface area contributed by atoms with Gasteiger partial charge in [-0.3, -0.25) is 4.79 Å². The Hall–Kier alpha value is -2.32. The van der Waals surface area contributed by atoms with E-state index in [4.69, 9.17) is 16.3 Å². The second-order valence-electron chi connectivity index (χ2n) is 6.49. The minimum absolute atomic E-state index is 0.0850. The smallest absolute Gasteiger partial charge is 0.266 e. The first-order chi connectivity index (χ1) is 13.3. The molecule has 1 saturated heterocycles. The highest BCUT2D eigenvalue weighted by Crippen LogP contribution is 2.32. The molecule has 0 bridgehead atoms. The van der Waals surface area contributed by atoms with Crippen molar-refractivity contribution < 1.29 is 22.7 Å². The highest BCUT2D eigenvalue weighted by atomic mass is 35.5. The summed E-state index contributed by atoms with van der Waals surface area (Å²) in [7, 11) is 1.73. The van der Waals surface area contributed by atoms with Gasteiger partial charge in [0.05, 0.1) is 13.1 Å². The molecule has 0 radical (unpaired) electrons. The van der Waals surface area contributed by atoms with Gasteiger partial charge in [-0.1, -0.05) is 18.2 Å². The monoisotopic (exact) mass is 413 g/mol. The summed E-state index contributed by atoms with van der Waals surface area (Å²) in [6.07, 6.45) is 0.800. The molecule has 150 valence electrons. The van der Waals surface area contributed by atoms with Crippen molar-refractivity contribution in [1.82, 2.24) is 14.8 Å². The summed E-state index contributed by atoms with van der Waals surface area (Å²) in [5.74, 6) is -1.10. The number of ether oxygens (including phenoxy) is 1. The van der Waals surface area contributed by atoms with E-state index in [1.165, 1.54) is 17.2 Å². The first-order valence-electron chi connectivity index (χ1n) is 8.57. The first kappa shape index (κ1) is 20.4. The Bertz CT molecular complexity index is 830. The summed E-state index contributed by atoms with van der Waals surface area (Å²) >= 11 is 6.39. The van der Waals surface area contributed by atoms with Crippen molar-refractivity contribution in [1.29, 1.82) is 0 Å². The summed E-state index contributed by atoms with van der Waals surface area (Å²) in [6.45, 7) is 3.28. The van der Waals surface area contributed by atoms with Crippen molar-refractivity contribution in [2.24, 2.45) is 0 Å². The van der Waals surface area contributed by atoms with Crippen molar-refractivity contribution in [3.63, 3.8) is 0 Å². The minimum Gasteiger partial charge on any atom is -0.361 e. The van der Waals surface area contributed by atoms with Crippen LogP contribution < -0.4 is 0 Å². The fourth-order valence-electron chi connectivity index (χ4n) is 3.18. The van der Waals surface area contributed by atoms with E-state index in [-0.39, 0.29) is 13.1 Å². The Morgan fingerprint density at radius 1 is 1.46 bits per heavy atom. The molecule has 0 spiro atoms. The lowest BCUT2D eigenvalue weighted by Crippen LogP contribution is -2.52. The molecule has 1 aromatic rings. The van der Waals surface area contributed by atoms with E-state index in [0.29, 0.717) is 16.8 Å². The van der Waals surface area contributed by atoms with Crippen molar-refractivity contribution in [3.8, 4) is 0 Å². The zero-order valence-corrected chi connectivity index (χ0v) is 15.8. The topological polar surface area (TPSA) is 45.7 Å². The SMILES string of the molecule is C=CC(=O)N1CC(C2=CC(Cl)N(C)C(c3ccnc(F)c3)=C2)OC(C(F)F)C1. The molecule has 5 nitrogen and oxygen atoms in total. The zero-order chi connectivity index (χ0) is 20.4. The number of likely N-dealkylation sites (N-methyl/N-ethyl adjacent to an activating group) is 1. The van der Waals surface area contributed by atoms with Gasteiger partial charge in [0.25, 0.3) is 6.43 Å². The second-order valence-corrected chi connectivity index (χ2v) is 6.94. The fraction of sp³-hybridized carbons (Fsp3) is 0.368. The predicted molar refractivity (Wildman–Crippen MR) is 99.1 cm³/mol. The quantitative estimate of drug-likeness (QED) is 0.329. The molecule has 0 aliphatic carbocycles. The fourth-order valence-corrected chi connectivity index (χ4v) is 3.43. The molecule has 0 saturated carbocycles. The maximum atomic E-state index is 13.6. The zero-order valence-electron chi connectivity index (χ0n) is 15.1. The van der Waals surface area contributed by atoms with Gasteiger partial charge in [0.15, 0.2) is 0 Å². The van der Waals surface area contributed by atoms with Crippen LogP contribution in [0.3, 0.4) is 0 Å². The van der Waals surface area contributed by atoms with Crippen LogP contribution in [0.4, 0.5) is 13.2 Å². The largest absolute Gasteiger partial charge is 0.361 e. The summed E-state index contributed by atoms with van der Waals surface area (Å²) in [5.41, 5.74) is 1.05. The van der Waals surface area contributed by atoms with E-state index in [1.54, 1.807) is 30.2 Å². The average molecular weight is 414 g/mol. The van der Waals surface area contributed by atoms with E-state index in [0.717, 1.165) is 6.08 Å². The number of halogens is 4. The Morgan fingerprint density at radius 2 is 2.21 bits per heavy atom. The van der Waals surface area contributed by atoms with Gasteiger partial charge in [0, 0.05) is 30.6 Å². The van der Waals surface area contributed by atoms with Gasteiger partial charge in [-0.05, 0) is 29.9 Å². The number of nitrogens with zero attached hydrogens (tertiary/aromatic N) is 3. The van der Waals surface area contributed by atoms with E-state index in [2.05, 4.69) is 11.6 Å². The molecule has 1 aromatic heterocycles. The number of morpholine rings is 1. The highest BCUT2D eigenvalue weighted by Gasteiger charge is 2.37. The average Bonchev–Trinajstić information content (AvgIpc) is 2.68. The molecule has 0 aromatic carbocycles. The van der Waals surface area contributed by atoms with Crippen LogP contribution in [-0.2, 0) is 9.53 Å². The van der Waals surface area contributed by atoms with Gasteiger partial charge in [-0.25, -0.2) is 13.8 Å². The number of amides is 1. The molecule has 9 heteroatoms. The number of hydrogen-bond donors (Lipinski definition) is 0. The summed E-state index contributed by atoms with van der Waals surface area (Å²) in [6, 6.07) is 2.88. The number of aromatic nitrogens is 1. The van der Waals surface area contributed by atoms with Crippen molar-refractivity contribution in [2.45, 2.75) is 24.1 Å². The first-order valence-corrected chi connectivity index (χ1v) is 9.01. The van der Waals surface area contributed by atoms with Gasteiger partial charge in [0.1, 0.15) is 17.7 Å². The molecule has 3 heterocycles. The van der Waals surface area contributed by atoms with Crippen molar-refractivity contribution in [3.05, 3.63) is 60.2 Å². The third-order valence-corrected chi connectivity index (χ3v) is 5.09. The predicted octanol–water partition coefficient (Wildman–Crippen LogP) is 3.05. The normalized spacial score (nSPS) is 25.4. The molecule has 3 rings (SSSR count). The summed E-state index contributed by atoms with van der Waals surface area (Å²) in [4.78, 5) is 18.5. The van der Waals surface area contributed by atoms with Crippen LogP contribution in [-0.4, -0.2) is 65.0 Å². The van der Waals surface area contributed by atoms with Crippen LogP contribution >= 0.6 is 11.6 Å². The van der Waals surface area contributed by atoms with Gasteiger partial charge < -0.3 is 14.5 Å². The molecule has 2 aliphatic rings. The van der Waals surface area contributed by atoms with E-state index < -0.39 is 36.0 Å². The lowest BCUT2D eigenvalue weighted by Gasteiger charge is -2.40. The summed E-state index contributed by atoms with van der Waals surface area (Å²) < 4.78 is 45.7. The number of carbonyl (C=O) groups is 1. The maximum absolute atomic E-state index is 13.6. The second kappa shape index (κ2) is 8.36. The molecule has 3 unspecified atom stereocenters. The minimum atomic E-state index is -2.75. The number of rotatable bonds is 4. The van der Waals surface area contributed by atoms with Gasteiger partial charge >= 0.3 is 0 Å². The third-order valence-electron chi connectivity index (χ3n) is 4.67. The van der Waals surface area contributed by atoms with Gasteiger partial charge in [-0.15, -0.1) is 0 Å². The molecule has 2 aliphatic heterocycles. The number of hydrogen-bond acceptors (Lipinski definition) is 4. The van der Waals surface area contributed by atoms with Crippen LogP contribution in [0.1, 0.15) is 5.56 Å².